The van der Waals surface area contributed by atoms with Gasteiger partial charge in [0.2, 0.25) is 5.91 Å². The standard InChI is InChI=1S/C24H21ClN4O2S/c1-17(23(30)26-19-8-4-2-5-9-19)32-24-28-27-22(29(24)20-10-6-3-7-11-20)16-31-21-14-12-18(25)13-15-21/h2-15,17H,16H2,1H3,(H,26,30)/t17-/m0/s1. The number of para-hydroxylation sites is 2. The molecular formula is C24H21ClN4O2S. The van der Waals surface area contributed by atoms with Crippen molar-refractivity contribution in [1.82, 2.24) is 14.8 Å². The third-order valence-electron chi connectivity index (χ3n) is 4.59. The number of amides is 1. The number of hydrogen-bond acceptors (Lipinski definition) is 5. The van der Waals surface area contributed by atoms with E-state index in [0.29, 0.717) is 21.8 Å². The number of halogens is 1. The van der Waals surface area contributed by atoms with Crippen molar-refractivity contribution < 1.29 is 9.53 Å². The predicted octanol–water partition coefficient (Wildman–Crippen LogP) is 5.62. The lowest BCUT2D eigenvalue weighted by atomic mass is 10.3. The van der Waals surface area contributed by atoms with Gasteiger partial charge in [0.05, 0.1) is 5.25 Å². The summed E-state index contributed by atoms with van der Waals surface area (Å²) in [5, 5.41) is 12.5. The number of thioether (sulfide) groups is 1. The predicted molar refractivity (Wildman–Crippen MR) is 128 cm³/mol. The van der Waals surface area contributed by atoms with Gasteiger partial charge in [0.25, 0.3) is 0 Å². The number of carbonyl (C=O) groups is 1. The van der Waals surface area contributed by atoms with E-state index in [2.05, 4.69) is 15.5 Å². The number of hydrogen-bond donors (Lipinski definition) is 1. The van der Waals surface area contributed by atoms with Crippen LogP contribution in [0.3, 0.4) is 0 Å². The first-order chi connectivity index (χ1) is 15.6. The average molecular weight is 465 g/mol. The van der Waals surface area contributed by atoms with Crippen LogP contribution in [0.5, 0.6) is 5.75 Å². The van der Waals surface area contributed by atoms with Crippen molar-refractivity contribution in [2.45, 2.75) is 23.9 Å². The molecule has 0 saturated heterocycles. The quantitative estimate of drug-likeness (QED) is 0.343. The van der Waals surface area contributed by atoms with Crippen LogP contribution >= 0.6 is 23.4 Å². The molecule has 6 nitrogen and oxygen atoms in total. The Hall–Kier alpha value is -3.29. The summed E-state index contributed by atoms with van der Waals surface area (Å²) in [4.78, 5) is 12.7. The first-order valence-corrected chi connectivity index (χ1v) is 11.3. The lowest BCUT2D eigenvalue weighted by Gasteiger charge is -2.14. The normalized spacial score (nSPS) is 11.7. The Labute approximate surface area is 195 Å². The van der Waals surface area contributed by atoms with Crippen molar-refractivity contribution in [3.8, 4) is 11.4 Å². The smallest absolute Gasteiger partial charge is 0.237 e. The van der Waals surface area contributed by atoms with Crippen LogP contribution in [0.15, 0.2) is 90.1 Å². The van der Waals surface area contributed by atoms with Crippen LogP contribution < -0.4 is 10.1 Å². The molecule has 8 heteroatoms. The summed E-state index contributed by atoms with van der Waals surface area (Å²) in [6.07, 6.45) is 0. The molecule has 0 fully saturated rings. The molecule has 0 unspecified atom stereocenters. The summed E-state index contributed by atoms with van der Waals surface area (Å²) >= 11 is 7.29. The Kier molecular flexibility index (Phi) is 7.09. The van der Waals surface area contributed by atoms with Crippen molar-refractivity contribution in [1.29, 1.82) is 0 Å². The van der Waals surface area contributed by atoms with E-state index in [4.69, 9.17) is 16.3 Å². The first kappa shape index (κ1) is 21.9. The molecule has 0 aliphatic carbocycles. The number of rotatable bonds is 8. The van der Waals surface area contributed by atoms with Crippen molar-refractivity contribution in [3.05, 3.63) is 95.8 Å². The summed E-state index contributed by atoms with van der Waals surface area (Å²) in [5.74, 6) is 1.20. The molecule has 1 heterocycles. The second-order valence-corrected chi connectivity index (χ2v) is 8.67. The van der Waals surface area contributed by atoms with E-state index in [1.165, 1.54) is 11.8 Å². The lowest BCUT2D eigenvalue weighted by molar-refractivity contribution is -0.115. The second kappa shape index (κ2) is 10.3. The van der Waals surface area contributed by atoms with Gasteiger partial charge in [-0.25, -0.2) is 0 Å². The van der Waals surface area contributed by atoms with E-state index in [1.54, 1.807) is 24.3 Å². The number of ether oxygens (including phenoxy) is 1. The highest BCUT2D eigenvalue weighted by molar-refractivity contribution is 8.00. The van der Waals surface area contributed by atoms with E-state index in [0.717, 1.165) is 11.4 Å². The molecule has 162 valence electrons. The number of anilines is 1. The first-order valence-electron chi connectivity index (χ1n) is 10.0. The number of benzene rings is 3. The van der Waals surface area contributed by atoms with Crippen molar-refractivity contribution in [2.24, 2.45) is 0 Å². The topological polar surface area (TPSA) is 69.0 Å². The minimum atomic E-state index is -0.382. The van der Waals surface area contributed by atoms with E-state index >= 15 is 0 Å². The average Bonchev–Trinajstić information content (AvgIpc) is 3.22. The Bertz CT molecular complexity index is 1170. The van der Waals surface area contributed by atoms with Gasteiger partial charge in [-0.15, -0.1) is 10.2 Å². The van der Waals surface area contributed by atoms with Gasteiger partial charge in [0.15, 0.2) is 11.0 Å². The van der Waals surface area contributed by atoms with E-state index in [-0.39, 0.29) is 17.8 Å². The largest absolute Gasteiger partial charge is 0.486 e. The number of aromatic nitrogens is 3. The molecule has 4 rings (SSSR count). The maximum absolute atomic E-state index is 12.7. The molecule has 0 aliphatic heterocycles. The van der Waals surface area contributed by atoms with Gasteiger partial charge in [0, 0.05) is 16.4 Å². The summed E-state index contributed by atoms with van der Waals surface area (Å²) in [7, 11) is 0. The number of carbonyl (C=O) groups excluding carboxylic acids is 1. The van der Waals surface area contributed by atoms with Gasteiger partial charge in [-0.3, -0.25) is 9.36 Å². The minimum Gasteiger partial charge on any atom is -0.486 e. The third kappa shape index (κ3) is 5.49. The van der Waals surface area contributed by atoms with Gasteiger partial charge >= 0.3 is 0 Å². The van der Waals surface area contributed by atoms with Gasteiger partial charge in [-0.05, 0) is 55.5 Å². The van der Waals surface area contributed by atoms with Crippen LogP contribution in [0.25, 0.3) is 5.69 Å². The van der Waals surface area contributed by atoms with Crippen molar-refractivity contribution in [2.75, 3.05) is 5.32 Å². The Morgan fingerprint density at radius 2 is 1.66 bits per heavy atom. The molecule has 1 aromatic heterocycles. The molecule has 3 aromatic carbocycles. The fourth-order valence-electron chi connectivity index (χ4n) is 2.96. The highest BCUT2D eigenvalue weighted by atomic mass is 35.5. The lowest BCUT2D eigenvalue weighted by Crippen LogP contribution is -2.22. The molecule has 0 radical (unpaired) electrons. The molecule has 4 aromatic rings. The van der Waals surface area contributed by atoms with E-state index < -0.39 is 0 Å². The zero-order valence-corrected chi connectivity index (χ0v) is 18.9. The fraction of sp³-hybridized carbons (Fsp3) is 0.125. The summed E-state index contributed by atoms with van der Waals surface area (Å²) < 4.78 is 7.79. The molecule has 1 N–H and O–H groups in total. The fourth-order valence-corrected chi connectivity index (χ4v) is 3.97. The molecule has 32 heavy (non-hydrogen) atoms. The number of nitrogens with zero attached hydrogens (tertiary/aromatic N) is 3. The van der Waals surface area contributed by atoms with Crippen molar-refractivity contribution in [3.63, 3.8) is 0 Å². The Morgan fingerprint density at radius 1 is 1.00 bits per heavy atom. The third-order valence-corrected chi connectivity index (χ3v) is 5.88. The SMILES string of the molecule is C[C@H](Sc1nnc(COc2ccc(Cl)cc2)n1-c1ccccc1)C(=O)Nc1ccccc1. The Balaban J connectivity index is 1.53. The van der Waals surface area contributed by atoms with Crippen LogP contribution in [0.1, 0.15) is 12.7 Å². The molecule has 0 saturated carbocycles. The second-order valence-electron chi connectivity index (χ2n) is 6.93. The summed E-state index contributed by atoms with van der Waals surface area (Å²) in [5.41, 5.74) is 1.65. The Morgan fingerprint density at radius 3 is 2.34 bits per heavy atom. The zero-order chi connectivity index (χ0) is 22.3. The molecule has 0 aliphatic rings. The van der Waals surface area contributed by atoms with E-state index in [9.17, 15) is 4.79 Å². The minimum absolute atomic E-state index is 0.109. The van der Waals surface area contributed by atoms with Gasteiger partial charge in [-0.1, -0.05) is 59.8 Å². The van der Waals surface area contributed by atoms with Crippen LogP contribution in [0.2, 0.25) is 5.02 Å². The molecule has 1 atom stereocenters. The number of nitrogens with one attached hydrogen (secondary N) is 1. The van der Waals surface area contributed by atoms with Crippen LogP contribution in [0, 0.1) is 0 Å². The zero-order valence-electron chi connectivity index (χ0n) is 17.3. The van der Waals surface area contributed by atoms with Gasteiger partial charge < -0.3 is 10.1 Å². The maximum Gasteiger partial charge on any atom is 0.237 e. The van der Waals surface area contributed by atoms with Crippen molar-refractivity contribution >= 4 is 35.0 Å². The highest BCUT2D eigenvalue weighted by Crippen LogP contribution is 2.27. The van der Waals surface area contributed by atoms with Gasteiger partial charge in [-0.2, -0.15) is 0 Å². The summed E-state index contributed by atoms with van der Waals surface area (Å²) in [6.45, 7) is 2.06. The molecule has 1 amide bonds. The highest BCUT2D eigenvalue weighted by Gasteiger charge is 2.21. The van der Waals surface area contributed by atoms with Crippen LogP contribution in [-0.2, 0) is 11.4 Å². The maximum atomic E-state index is 12.7. The molecular weight excluding hydrogens is 444 g/mol. The summed E-state index contributed by atoms with van der Waals surface area (Å²) in [6, 6.07) is 26.3. The van der Waals surface area contributed by atoms with Crippen LogP contribution in [-0.4, -0.2) is 25.9 Å². The van der Waals surface area contributed by atoms with Gasteiger partial charge in [0.1, 0.15) is 12.4 Å². The van der Waals surface area contributed by atoms with Crippen LogP contribution in [0.4, 0.5) is 5.69 Å². The molecule has 0 bridgehead atoms. The molecule has 0 spiro atoms. The van der Waals surface area contributed by atoms with E-state index in [1.807, 2.05) is 72.2 Å². The monoisotopic (exact) mass is 464 g/mol.